The molecule has 0 saturated heterocycles. The van der Waals surface area contributed by atoms with Gasteiger partial charge in [-0.1, -0.05) is 29.8 Å². The first-order valence-electron chi connectivity index (χ1n) is 5.26. The summed E-state index contributed by atoms with van der Waals surface area (Å²) in [5.74, 6) is 0.886. The van der Waals surface area contributed by atoms with Crippen molar-refractivity contribution in [2.24, 2.45) is 16.7 Å². The molecule has 0 bridgehead atoms. The van der Waals surface area contributed by atoms with E-state index in [0.717, 1.165) is 12.5 Å². The van der Waals surface area contributed by atoms with Crippen LogP contribution < -0.4 is 0 Å². The van der Waals surface area contributed by atoms with Crippen LogP contribution in [0.4, 0.5) is 0 Å². The predicted molar refractivity (Wildman–Crippen MR) is 58.1 cm³/mol. The van der Waals surface area contributed by atoms with E-state index in [9.17, 15) is 0 Å². The van der Waals surface area contributed by atoms with E-state index in [1.165, 1.54) is 18.2 Å². The zero-order valence-electron chi connectivity index (χ0n) is 8.77. The molecule has 13 heavy (non-hydrogen) atoms. The number of hydrogen-bond donors (Lipinski definition) is 0. The van der Waals surface area contributed by atoms with Crippen LogP contribution >= 0.6 is 15.9 Å². The molecular formula is C11H19BrO. The van der Waals surface area contributed by atoms with Crippen molar-refractivity contribution in [3.05, 3.63) is 0 Å². The van der Waals surface area contributed by atoms with Crippen molar-refractivity contribution < 1.29 is 4.74 Å². The Bertz CT molecular complexity index is 206. The second kappa shape index (κ2) is 2.96. The molecule has 76 valence electrons. The molecule has 0 aliphatic heterocycles. The molecule has 2 rings (SSSR count). The first-order valence-corrected chi connectivity index (χ1v) is 6.38. The van der Waals surface area contributed by atoms with Crippen molar-refractivity contribution in [3.8, 4) is 0 Å². The van der Waals surface area contributed by atoms with Gasteiger partial charge < -0.3 is 4.74 Å². The second-order valence-electron chi connectivity index (χ2n) is 5.07. The predicted octanol–water partition coefficient (Wildman–Crippen LogP) is 3.22. The van der Waals surface area contributed by atoms with Crippen molar-refractivity contribution in [2.45, 2.75) is 39.7 Å². The monoisotopic (exact) mass is 246 g/mol. The van der Waals surface area contributed by atoms with Gasteiger partial charge in [0.2, 0.25) is 0 Å². The number of ether oxygens (including phenoxy) is 1. The molecular weight excluding hydrogens is 228 g/mol. The molecule has 1 unspecified atom stereocenters. The fourth-order valence-corrected chi connectivity index (χ4v) is 4.75. The van der Waals surface area contributed by atoms with E-state index < -0.39 is 0 Å². The first kappa shape index (κ1) is 9.97. The molecule has 2 heteroatoms. The normalized spacial score (nSPS) is 46.2. The summed E-state index contributed by atoms with van der Waals surface area (Å²) in [7, 11) is 0. The molecule has 0 radical (unpaired) electrons. The Labute approximate surface area is 89.4 Å². The molecule has 2 fully saturated rings. The summed E-state index contributed by atoms with van der Waals surface area (Å²) in [6.07, 6.45) is 3.15. The minimum absolute atomic E-state index is 0.560. The van der Waals surface area contributed by atoms with Gasteiger partial charge in [0, 0.05) is 11.9 Å². The van der Waals surface area contributed by atoms with Gasteiger partial charge in [0.15, 0.2) is 0 Å². The summed E-state index contributed by atoms with van der Waals surface area (Å²) in [4.78, 5) is 0. The third-order valence-electron chi connectivity index (χ3n) is 4.48. The van der Waals surface area contributed by atoms with Crippen molar-refractivity contribution in [1.29, 1.82) is 0 Å². The van der Waals surface area contributed by atoms with E-state index in [1.54, 1.807) is 0 Å². The van der Waals surface area contributed by atoms with Gasteiger partial charge in [-0.2, -0.15) is 0 Å². The largest absolute Gasteiger partial charge is 0.378 e. The molecule has 0 amide bonds. The topological polar surface area (TPSA) is 9.23 Å². The maximum atomic E-state index is 5.62. The summed E-state index contributed by atoms with van der Waals surface area (Å²) in [5, 5.41) is 1.17. The average Bonchev–Trinajstić information content (AvgIpc) is 2.47. The molecule has 0 aromatic rings. The lowest BCUT2D eigenvalue weighted by molar-refractivity contribution is -0.0497. The van der Waals surface area contributed by atoms with Crippen molar-refractivity contribution in [2.75, 3.05) is 11.9 Å². The molecule has 0 heterocycles. The van der Waals surface area contributed by atoms with Crippen LogP contribution in [0.25, 0.3) is 0 Å². The van der Waals surface area contributed by atoms with E-state index in [1.807, 2.05) is 0 Å². The Morgan fingerprint density at radius 3 is 2.38 bits per heavy atom. The van der Waals surface area contributed by atoms with Gasteiger partial charge in [-0.3, -0.25) is 0 Å². The van der Waals surface area contributed by atoms with Gasteiger partial charge in [0.05, 0.1) is 6.10 Å². The SMILES string of the molecule is CCOC1CC2(C1)C(CBr)C2(C)C. The third-order valence-corrected chi connectivity index (χ3v) is 5.13. The van der Waals surface area contributed by atoms with E-state index in [0.29, 0.717) is 16.9 Å². The molecule has 2 aliphatic carbocycles. The maximum Gasteiger partial charge on any atom is 0.0586 e. The zero-order chi connectivity index (χ0) is 9.69. The zero-order valence-corrected chi connectivity index (χ0v) is 10.4. The van der Waals surface area contributed by atoms with E-state index in [4.69, 9.17) is 4.74 Å². The number of rotatable bonds is 3. The molecule has 0 aromatic carbocycles. The van der Waals surface area contributed by atoms with Crippen LogP contribution in [0.2, 0.25) is 0 Å². The van der Waals surface area contributed by atoms with Gasteiger partial charge >= 0.3 is 0 Å². The summed E-state index contributed by atoms with van der Waals surface area (Å²) < 4.78 is 5.62. The second-order valence-corrected chi connectivity index (χ2v) is 5.72. The van der Waals surface area contributed by atoms with Crippen LogP contribution in [0.3, 0.4) is 0 Å². The lowest BCUT2D eigenvalue weighted by atomic mass is 9.73. The fourth-order valence-electron chi connectivity index (χ4n) is 3.32. The molecule has 1 nitrogen and oxygen atoms in total. The highest BCUT2D eigenvalue weighted by atomic mass is 79.9. The Morgan fingerprint density at radius 1 is 1.38 bits per heavy atom. The number of halogens is 1. The van der Waals surface area contributed by atoms with Crippen LogP contribution in [0, 0.1) is 16.7 Å². The highest BCUT2D eigenvalue weighted by molar-refractivity contribution is 9.09. The number of hydrogen-bond acceptors (Lipinski definition) is 1. The highest BCUT2D eigenvalue weighted by Crippen LogP contribution is 2.78. The summed E-state index contributed by atoms with van der Waals surface area (Å²) in [5.41, 5.74) is 1.19. The van der Waals surface area contributed by atoms with Crippen molar-refractivity contribution in [3.63, 3.8) is 0 Å². The fraction of sp³-hybridized carbons (Fsp3) is 1.00. The highest BCUT2D eigenvalue weighted by Gasteiger charge is 2.74. The standard InChI is InChI=1S/C11H19BrO/c1-4-13-8-5-11(6-8)9(7-12)10(11,2)3/h8-9H,4-7H2,1-3H3. The van der Waals surface area contributed by atoms with Gasteiger partial charge in [-0.05, 0) is 36.5 Å². The average molecular weight is 247 g/mol. The Kier molecular flexibility index (Phi) is 2.27. The molecule has 0 N–H and O–H groups in total. The minimum Gasteiger partial charge on any atom is -0.378 e. The van der Waals surface area contributed by atoms with Crippen LogP contribution in [0.5, 0.6) is 0 Å². The summed E-state index contributed by atoms with van der Waals surface area (Å²) >= 11 is 3.62. The van der Waals surface area contributed by atoms with E-state index in [-0.39, 0.29) is 0 Å². The van der Waals surface area contributed by atoms with E-state index in [2.05, 4.69) is 36.7 Å². The van der Waals surface area contributed by atoms with Crippen molar-refractivity contribution in [1.82, 2.24) is 0 Å². The van der Waals surface area contributed by atoms with Crippen LogP contribution in [0.1, 0.15) is 33.6 Å². The van der Waals surface area contributed by atoms with E-state index >= 15 is 0 Å². The van der Waals surface area contributed by atoms with Gasteiger partial charge in [0.1, 0.15) is 0 Å². The third kappa shape index (κ3) is 1.14. The lowest BCUT2D eigenvalue weighted by Gasteiger charge is -2.38. The Hall–Kier alpha value is 0.440. The summed E-state index contributed by atoms with van der Waals surface area (Å²) in [6.45, 7) is 7.77. The smallest absolute Gasteiger partial charge is 0.0586 e. The molecule has 2 saturated carbocycles. The van der Waals surface area contributed by atoms with Crippen LogP contribution in [-0.2, 0) is 4.74 Å². The Morgan fingerprint density at radius 2 is 2.00 bits per heavy atom. The van der Waals surface area contributed by atoms with Crippen molar-refractivity contribution >= 4 is 15.9 Å². The van der Waals surface area contributed by atoms with Gasteiger partial charge in [-0.25, -0.2) is 0 Å². The number of alkyl halides is 1. The molecule has 1 atom stereocenters. The summed E-state index contributed by atoms with van der Waals surface area (Å²) in [6, 6.07) is 0. The molecule has 2 aliphatic rings. The van der Waals surface area contributed by atoms with Gasteiger partial charge in [0.25, 0.3) is 0 Å². The molecule has 1 spiro atoms. The lowest BCUT2D eigenvalue weighted by Crippen LogP contribution is -2.36. The minimum atomic E-state index is 0.560. The molecule has 0 aromatic heterocycles. The van der Waals surface area contributed by atoms with Crippen LogP contribution in [-0.4, -0.2) is 18.0 Å². The quantitative estimate of drug-likeness (QED) is 0.696. The van der Waals surface area contributed by atoms with Crippen LogP contribution in [0.15, 0.2) is 0 Å². The van der Waals surface area contributed by atoms with Gasteiger partial charge in [-0.15, -0.1) is 0 Å². The Balaban J connectivity index is 1.91. The first-order chi connectivity index (χ1) is 6.08. The maximum absolute atomic E-state index is 5.62.